The van der Waals surface area contributed by atoms with Crippen molar-refractivity contribution in [2.24, 2.45) is 0 Å². The summed E-state index contributed by atoms with van der Waals surface area (Å²) in [6.07, 6.45) is 8.14. The second-order valence-electron chi connectivity index (χ2n) is 11.6. The third kappa shape index (κ3) is 6.50. The van der Waals surface area contributed by atoms with E-state index in [9.17, 15) is 9.18 Å². The predicted molar refractivity (Wildman–Crippen MR) is 182 cm³/mol. The van der Waals surface area contributed by atoms with E-state index in [1.54, 1.807) is 56.0 Å². The molecule has 0 atom stereocenters. The van der Waals surface area contributed by atoms with Crippen LogP contribution in [0.15, 0.2) is 90.1 Å². The number of anilines is 2. The topological polar surface area (TPSA) is 102 Å². The van der Waals surface area contributed by atoms with E-state index in [0.717, 1.165) is 26.1 Å². The van der Waals surface area contributed by atoms with Crippen molar-refractivity contribution in [2.45, 2.75) is 19.3 Å². The first-order valence-corrected chi connectivity index (χ1v) is 15.8. The normalized spacial score (nSPS) is 13.2. The summed E-state index contributed by atoms with van der Waals surface area (Å²) < 4.78 is 46.7. The lowest BCUT2D eigenvalue weighted by atomic mass is 10.0. The summed E-state index contributed by atoms with van der Waals surface area (Å²) in [6.45, 7) is 3.85. The van der Waals surface area contributed by atoms with Gasteiger partial charge in [0, 0.05) is 53.9 Å². The lowest BCUT2D eigenvalue weighted by Gasteiger charge is -2.16. The Morgan fingerprint density at radius 1 is 0.896 bits per heavy atom. The highest BCUT2D eigenvalue weighted by molar-refractivity contribution is 5.93. The van der Waals surface area contributed by atoms with Gasteiger partial charge >= 0.3 is 0 Å². The molecule has 48 heavy (non-hydrogen) atoms. The van der Waals surface area contributed by atoms with Crippen LogP contribution in [-0.4, -0.2) is 53.2 Å². The van der Waals surface area contributed by atoms with E-state index in [-0.39, 0.29) is 22.4 Å². The van der Waals surface area contributed by atoms with Gasteiger partial charge in [0.15, 0.2) is 23.1 Å². The average molecular weight is 650 g/mol. The quantitative estimate of drug-likeness (QED) is 0.137. The Hall–Kier alpha value is -5.55. The van der Waals surface area contributed by atoms with Crippen molar-refractivity contribution in [3.05, 3.63) is 107 Å². The summed E-state index contributed by atoms with van der Waals surface area (Å²) in [4.78, 5) is 27.9. The van der Waals surface area contributed by atoms with Crippen molar-refractivity contribution in [3.8, 4) is 34.1 Å². The van der Waals surface area contributed by atoms with Crippen LogP contribution in [0.2, 0.25) is 0 Å². The number of fused-ring (bicyclic) bond motifs is 2. The Balaban J connectivity index is 1.10. The minimum atomic E-state index is -0.629. The van der Waals surface area contributed by atoms with Crippen LogP contribution in [0.5, 0.6) is 23.0 Å². The smallest absolute Gasteiger partial charge is 0.200 e. The van der Waals surface area contributed by atoms with E-state index in [0.29, 0.717) is 57.1 Å². The average Bonchev–Trinajstić information content (AvgIpc) is 3.62. The number of rotatable bonds is 11. The molecular formula is C37H33F2N5O4. The van der Waals surface area contributed by atoms with Crippen molar-refractivity contribution < 1.29 is 23.0 Å². The number of methoxy groups -OCH3 is 1. The third-order valence-electron chi connectivity index (χ3n) is 8.43. The first-order valence-electron chi connectivity index (χ1n) is 15.8. The van der Waals surface area contributed by atoms with Crippen molar-refractivity contribution in [3.63, 3.8) is 0 Å². The molecule has 2 N–H and O–H groups in total. The molecular weight excluding hydrogens is 616 g/mol. The Kier molecular flexibility index (Phi) is 8.84. The van der Waals surface area contributed by atoms with Gasteiger partial charge in [0.2, 0.25) is 5.43 Å². The molecule has 7 rings (SSSR count). The highest BCUT2D eigenvalue weighted by atomic mass is 19.1. The van der Waals surface area contributed by atoms with E-state index in [2.05, 4.69) is 25.2 Å². The molecule has 1 aliphatic rings. The highest BCUT2D eigenvalue weighted by Crippen LogP contribution is 2.38. The Bertz CT molecular complexity index is 2150. The summed E-state index contributed by atoms with van der Waals surface area (Å²) in [5, 5.41) is 3.99. The zero-order valence-electron chi connectivity index (χ0n) is 26.3. The van der Waals surface area contributed by atoms with Crippen LogP contribution in [0.4, 0.5) is 20.3 Å². The Labute approximate surface area is 275 Å². The minimum Gasteiger partial charge on any atom is -0.493 e. The largest absolute Gasteiger partial charge is 0.493 e. The molecule has 1 aliphatic heterocycles. The number of ether oxygens (including phenoxy) is 3. The molecule has 244 valence electrons. The number of likely N-dealkylation sites (tertiary alicyclic amines) is 1. The molecule has 11 heteroatoms. The third-order valence-corrected chi connectivity index (χ3v) is 8.43. The first kappa shape index (κ1) is 31.1. The number of aromatic amines is 1. The molecule has 0 unspecified atom stereocenters. The molecule has 0 aliphatic carbocycles. The summed E-state index contributed by atoms with van der Waals surface area (Å²) in [6, 6.07) is 17.0. The molecule has 9 nitrogen and oxygen atoms in total. The highest BCUT2D eigenvalue weighted by Gasteiger charge is 2.17. The summed E-state index contributed by atoms with van der Waals surface area (Å²) >= 11 is 0. The van der Waals surface area contributed by atoms with Gasteiger partial charge in [0.05, 0.1) is 30.1 Å². The van der Waals surface area contributed by atoms with Gasteiger partial charge in [0.1, 0.15) is 17.4 Å². The van der Waals surface area contributed by atoms with Gasteiger partial charge in [-0.1, -0.05) is 12.1 Å². The zero-order chi connectivity index (χ0) is 33.0. The molecule has 1 fully saturated rings. The number of halogens is 2. The molecule has 0 amide bonds. The number of nitrogens with one attached hydrogen (secondary N) is 2. The van der Waals surface area contributed by atoms with Gasteiger partial charge in [-0.15, -0.1) is 0 Å². The maximum absolute atomic E-state index is 15.5. The van der Waals surface area contributed by atoms with E-state index < -0.39 is 11.6 Å². The van der Waals surface area contributed by atoms with Gasteiger partial charge in [-0.3, -0.25) is 9.78 Å². The van der Waals surface area contributed by atoms with Crippen molar-refractivity contribution in [1.29, 1.82) is 0 Å². The van der Waals surface area contributed by atoms with Crippen LogP contribution in [0, 0.1) is 11.6 Å². The van der Waals surface area contributed by atoms with Crippen LogP contribution in [0.1, 0.15) is 19.3 Å². The molecule has 0 saturated carbocycles. The number of benzene rings is 3. The SMILES string of the molecule is COc1cc2c(Oc3ccc(Nc4nccc5[nH]cc(-c6ccc(F)cc6)c(=O)c45)cc3F)ccnc2cc1OCCCN1CCCC1. The van der Waals surface area contributed by atoms with Crippen LogP contribution in [0.3, 0.4) is 0 Å². The van der Waals surface area contributed by atoms with Gasteiger partial charge in [-0.25, -0.2) is 13.8 Å². The molecule has 3 aromatic heterocycles. The van der Waals surface area contributed by atoms with E-state index in [4.69, 9.17) is 14.2 Å². The molecule has 3 aromatic carbocycles. The molecule has 1 saturated heterocycles. The molecule has 4 heterocycles. The minimum absolute atomic E-state index is 0.00317. The van der Waals surface area contributed by atoms with Crippen molar-refractivity contribution in [1.82, 2.24) is 19.9 Å². The Morgan fingerprint density at radius 3 is 2.50 bits per heavy atom. The number of nitrogens with zero attached hydrogens (tertiary/aromatic N) is 3. The second-order valence-corrected chi connectivity index (χ2v) is 11.6. The lowest BCUT2D eigenvalue weighted by molar-refractivity contribution is 0.254. The number of hydrogen-bond donors (Lipinski definition) is 2. The summed E-state index contributed by atoms with van der Waals surface area (Å²) in [5.74, 6) is 0.725. The number of aromatic nitrogens is 3. The zero-order valence-corrected chi connectivity index (χ0v) is 26.3. The van der Waals surface area contributed by atoms with Gasteiger partial charge in [-0.05, 0) is 80.4 Å². The standard InChI is InChI=1S/C37H33F2N5O4/c1-46-33-20-26-30(21-34(33)47-18-4-17-44-15-2-3-16-44)40-14-12-31(26)48-32-10-9-25(19-28(32)39)43-37-35-29(11-13-41-37)42-22-27(36(35)45)23-5-7-24(38)8-6-23/h5-14,19-22H,2-4,15-18H2,1H3,(H,41,43)(H,42,45). The van der Waals surface area contributed by atoms with E-state index in [1.165, 1.54) is 49.2 Å². The number of hydrogen-bond acceptors (Lipinski definition) is 8. The second kappa shape index (κ2) is 13.7. The first-order chi connectivity index (χ1) is 23.5. The van der Waals surface area contributed by atoms with Gasteiger partial charge in [0.25, 0.3) is 0 Å². The maximum Gasteiger partial charge on any atom is 0.200 e. The van der Waals surface area contributed by atoms with Crippen LogP contribution in [0.25, 0.3) is 32.9 Å². The van der Waals surface area contributed by atoms with E-state index in [1.807, 2.05) is 0 Å². The summed E-state index contributed by atoms with van der Waals surface area (Å²) in [7, 11) is 1.57. The molecule has 0 radical (unpaired) electrons. The molecule has 6 aromatic rings. The number of pyridine rings is 3. The monoisotopic (exact) mass is 649 g/mol. The van der Waals surface area contributed by atoms with E-state index >= 15 is 4.39 Å². The predicted octanol–water partition coefficient (Wildman–Crippen LogP) is 7.83. The van der Waals surface area contributed by atoms with Crippen LogP contribution >= 0.6 is 0 Å². The van der Waals surface area contributed by atoms with Gasteiger partial charge in [-0.2, -0.15) is 0 Å². The van der Waals surface area contributed by atoms with Crippen LogP contribution in [-0.2, 0) is 0 Å². The van der Waals surface area contributed by atoms with Crippen molar-refractivity contribution in [2.75, 3.05) is 38.7 Å². The lowest BCUT2D eigenvalue weighted by Crippen LogP contribution is -2.21. The number of H-pyrrole nitrogens is 1. The van der Waals surface area contributed by atoms with Crippen LogP contribution < -0.4 is 25.0 Å². The fraction of sp³-hybridized carbons (Fsp3) is 0.216. The Morgan fingerprint density at radius 2 is 1.71 bits per heavy atom. The fourth-order valence-electron chi connectivity index (χ4n) is 5.98. The van der Waals surface area contributed by atoms with Gasteiger partial charge < -0.3 is 29.4 Å². The molecule has 0 spiro atoms. The molecule has 0 bridgehead atoms. The summed E-state index contributed by atoms with van der Waals surface area (Å²) in [5.41, 5.74) is 2.13. The van der Waals surface area contributed by atoms with Crippen molar-refractivity contribution >= 4 is 33.3 Å². The fourth-order valence-corrected chi connectivity index (χ4v) is 5.98. The maximum atomic E-state index is 15.5.